The number of Topliss-reactive ketones (excluding diaryl/α,β-unsaturated/α-hetero) is 1. The number of ketones is 1. The maximum Gasteiger partial charge on any atom is 0.260 e. The summed E-state index contributed by atoms with van der Waals surface area (Å²) in [7, 11) is 0. The highest BCUT2D eigenvalue weighted by atomic mass is 19.1. The van der Waals surface area contributed by atoms with Crippen molar-refractivity contribution in [2.24, 2.45) is 0 Å². The molecule has 2 aromatic rings. The number of carbonyl (C=O) groups excluding carboxylic acids is 2. The van der Waals surface area contributed by atoms with Crippen molar-refractivity contribution in [1.29, 1.82) is 0 Å². The van der Waals surface area contributed by atoms with E-state index >= 15 is 0 Å². The molecule has 1 aliphatic rings. The average Bonchev–Trinajstić information content (AvgIpc) is 2.69. The van der Waals surface area contributed by atoms with Gasteiger partial charge in [-0.3, -0.25) is 14.5 Å². The monoisotopic (exact) mass is 370 g/mol. The van der Waals surface area contributed by atoms with Gasteiger partial charge in [-0.25, -0.2) is 4.39 Å². The Morgan fingerprint density at radius 3 is 2.44 bits per heavy atom. The van der Waals surface area contributed by atoms with Crippen LogP contribution in [0.1, 0.15) is 15.9 Å². The molecule has 0 atom stereocenters. The van der Waals surface area contributed by atoms with Crippen molar-refractivity contribution in [3.05, 3.63) is 65.5 Å². The van der Waals surface area contributed by atoms with E-state index in [1.165, 1.54) is 6.07 Å². The van der Waals surface area contributed by atoms with E-state index in [0.717, 1.165) is 5.56 Å². The number of ether oxygens (including phenoxy) is 1. The third-order valence-corrected chi connectivity index (χ3v) is 4.62. The number of amides is 1. The van der Waals surface area contributed by atoms with Gasteiger partial charge in [-0.15, -0.1) is 0 Å². The van der Waals surface area contributed by atoms with Crippen LogP contribution in [-0.4, -0.2) is 60.8 Å². The third-order valence-electron chi connectivity index (χ3n) is 4.62. The van der Waals surface area contributed by atoms with Crippen molar-refractivity contribution in [1.82, 2.24) is 9.80 Å². The molecule has 0 bridgehead atoms. The van der Waals surface area contributed by atoms with Crippen LogP contribution in [0.5, 0.6) is 5.75 Å². The molecular formula is C21H23FN2O3. The minimum atomic E-state index is -0.488. The first-order valence-corrected chi connectivity index (χ1v) is 9.00. The van der Waals surface area contributed by atoms with Gasteiger partial charge in [0.05, 0.1) is 12.1 Å². The van der Waals surface area contributed by atoms with Crippen LogP contribution in [0, 0.1) is 12.7 Å². The van der Waals surface area contributed by atoms with Crippen molar-refractivity contribution in [2.45, 2.75) is 6.92 Å². The Morgan fingerprint density at radius 1 is 1.04 bits per heavy atom. The first-order chi connectivity index (χ1) is 13.0. The van der Waals surface area contributed by atoms with Crippen LogP contribution >= 0.6 is 0 Å². The van der Waals surface area contributed by atoms with Crippen LogP contribution in [0.25, 0.3) is 0 Å². The number of carbonyl (C=O) groups is 2. The Balaban J connectivity index is 1.46. The molecule has 0 radical (unpaired) electrons. The Kier molecular flexibility index (Phi) is 6.19. The number of hydrogen-bond donors (Lipinski definition) is 0. The number of para-hydroxylation sites is 1. The smallest absolute Gasteiger partial charge is 0.260 e. The zero-order valence-electron chi connectivity index (χ0n) is 15.4. The van der Waals surface area contributed by atoms with Gasteiger partial charge < -0.3 is 9.64 Å². The fourth-order valence-electron chi connectivity index (χ4n) is 3.05. The summed E-state index contributed by atoms with van der Waals surface area (Å²) in [5, 5.41) is 0. The average molecular weight is 370 g/mol. The number of hydrogen-bond acceptors (Lipinski definition) is 4. The summed E-state index contributed by atoms with van der Waals surface area (Å²) < 4.78 is 19.4. The second-order valence-electron chi connectivity index (χ2n) is 6.67. The number of halogens is 1. The maximum atomic E-state index is 13.9. The Hall–Kier alpha value is -2.73. The lowest BCUT2D eigenvalue weighted by Gasteiger charge is -2.34. The molecule has 3 rings (SSSR count). The normalized spacial score (nSPS) is 14.8. The maximum absolute atomic E-state index is 13.9. The summed E-state index contributed by atoms with van der Waals surface area (Å²) >= 11 is 0. The summed E-state index contributed by atoms with van der Waals surface area (Å²) in [5.74, 6) is -0.134. The minimum Gasteiger partial charge on any atom is -0.484 e. The second kappa shape index (κ2) is 8.77. The predicted octanol–water partition coefficient (Wildman–Crippen LogP) is 2.54. The second-order valence-corrected chi connectivity index (χ2v) is 6.67. The fraction of sp³-hybridized carbons (Fsp3) is 0.333. The lowest BCUT2D eigenvalue weighted by molar-refractivity contribution is -0.135. The van der Waals surface area contributed by atoms with E-state index in [4.69, 9.17) is 4.74 Å². The number of nitrogens with zero attached hydrogens (tertiary/aromatic N) is 2. The van der Waals surface area contributed by atoms with Gasteiger partial charge in [0.2, 0.25) is 0 Å². The van der Waals surface area contributed by atoms with Gasteiger partial charge in [-0.1, -0.05) is 29.8 Å². The van der Waals surface area contributed by atoms with E-state index in [2.05, 4.69) is 0 Å². The number of piperazine rings is 1. The molecule has 1 saturated heterocycles. The number of benzene rings is 2. The van der Waals surface area contributed by atoms with Gasteiger partial charge >= 0.3 is 0 Å². The topological polar surface area (TPSA) is 49.9 Å². The fourth-order valence-corrected chi connectivity index (χ4v) is 3.05. The molecule has 0 aromatic heterocycles. The zero-order valence-corrected chi connectivity index (χ0v) is 15.4. The van der Waals surface area contributed by atoms with E-state index in [9.17, 15) is 14.0 Å². The molecule has 1 aliphatic heterocycles. The zero-order chi connectivity index (χ0) is 19.2. The summed E-state index contributed by atoms with van der Waals surface area (Å²) in [5.41, 5.74) is 0.985. The SMILES string of the molecule is Cc1ccc(F)c(C(=O)CN2CCN(C(=O)COc3ccccc3)CC2)c1. The van der Waals surface area contributed by atoms with Gasteiger partial charge in [0, 0.05) is 26.2 Å². The Labute approximate surface area is 158 Å². The minimum absolute atomic E-state index is 0.00253. The molecule has 5 nitrogen and oxygen atoms in total. The van der Waals surface area contributed by atoms with Crippen molar-refractivity contribution in [3.63, 3.8) is 0 Å². The predicted molar refractivity (Wildman–Crippen MR) is 100 cm³/mol. The highest BCUT2D eigenvalue weighted by molar-refractivity contribution is 5.98. The lowest BCUT2D eigenvalue weighted by Crippen LogP contribution is -2.51. The molecule has 1 heterocycles. The molecule has 6 heteroatoms. The van der Waals surface area contributed by atoms with E-state index in [1.807, 2.05) is 30.0 Å². The van der Waals surface area contributed by atoms with Crippen LogP contribution in [0.2, 0.25) is 0 Å². The first kappa shape index (κ1) is 19.0. The molecule has 0 saturated carbocycles. The molecule has 0 spiro atoms. The van der Waals surface area contributed by atoms with Gasteiger partial charge in [0.1, 0.15) is 11.6 Å². The quantitative estimate of drug-likeness (QED) is 0.734. The van der Waals surface area contributed by atoms with Crippen molar-refractivity contribution in [2.75, 3.05) is 39.3 Å². The molecule has 1 amide bonds. The van der Waals surface area contributed by atoms with Gasteiger partial charge in [-0.05, 0) is 31.2 Å². The first-order valence-electron chi connectivity index (χ1n) is 9.00. The summed E-state index contributed by atoms with van der Waals surface area (Å²) in [4.78, 5) is 28.3. The van der Waals surface area contributed by atoms with Crippen molar-refractivity contribution in [3.8, 4) is 5.75 Å². The van der Waals surface area contributed by atoms with E-state index in [1.54, 1.807) is 29.2 Å². The molecule has 0 N–H and O–H groups in total. The number of rotatable bonds is 6. The molecular weight excluding hydrogens is 347 g/mol. The molecule has 0 unspecified atom stereocenters. The van der Waals surface area contributed by atoms with Crippen LogP contribution in [0.4, 0.5) is 4.39 Å². The van der Waals surface area contributed by atoms with E-state index < -0.39 is 5.82 Å². The molecule has 142 valence electrons. The van der Waals surface area contributed by atoms with Crippen LogP contribution in [0.3, 0.4) is 0 Å². The molecule has 27 heavy (non-hydrogen) atoms. The Bertz CT molecular complexity index is 802. The van der Waals surface area contributed by atoms with Crippen LogP contribution < -0.4 is 4.74 Å². The van der Waals surface area contributed by atoms with Crippen LogP contribution in [0.15, 0.2) is 48.5 Å². The summed E-state index contributed by atoms with van der Waals surface area (Å²) in [6, 6.07) is 13.8. The van der Waals surface area contributed by atoms with Crippen molar-refractivity contribution < 1.29 is 18.7 Å². The van der Waals surface area contributed by atoms with Crippen LogP contribution in [-0.2, 0) is 4.79 Å². The highest BCUT2D eigenvalue weighted by Gasteiger charge is 2.24. The molecule has 0 aliphatic carbocycles. The number of aryl methyl sites for hydroxylation is 1. The standard InChI is InChI=1S/C21H23FN2O3/c1-16-7-8-19(22)18(13-16)20(25)14-23-9-11-24(12-10-23)21(26)15-27-17-5-3-2-4-6-17/h2-8,13H,9-12,14-15H2,1H3. The van der Waals surface area contributed by atoms with E-state index in [-0.39, 0.29) is 30.4 Å². The lowest BCUT2D eigenvalue weighted by atomic mass is 10.1. The summed E-state index contributed by atoms with van der Waals surface area (Å²) in [6.07, 6.45) is 0. The Morgan fingerprint density at radius 2 is 1.74 bits per heavy atom. The molecule has 2 aromatic carbocycles. The van der Waals surface area contributed by atoms with Gasteiger partial charge in [0.25, 0.3) is 5.91 Å². The van der Waals surface area contributed by atoms with E-state index in [0.29, 0.717) is 31.9 Å². The largest absolute Gasteiger partial charge is 0.484 e. The van der Waals surface area contributed by atoms with Gasteiger partial charge in [0.15, 0.2) is 12.4 Å². The highest BCUT2D eigenvalue weighted by Crippen LogP contribution is 2.13. The van der Waals surface area contributed by atoms with Gasteiger partial charge in [-0.2, -0.15) is 0 Å². The van der Waals surface area contributed by atoms with Crippen molar-refractivity contribution >= 4 is 11.7 Å². The third kappa shape index (κ3) is 5.14. The molecule has 1 fully saturated rings. The summed E-state index contributed by atoms with van der Waals surface area (Å²) in [6.45, 7) is 4.20.